The van der Waals surface area contributed by atoms with E-state index < -0.39 is 50.5 Å². The number of aliphatic hydroxyl groups is 2. The number of aromatic nitrogens is 4. The van der Waals surface area contributed by atoms with Gasteiger partial charge in [-0.25, -0.2) is 29.4 Å². The van der Waals surface area contributed by atoms with Gasteiger partial charge in [0.15, 0.2) is 23.3 Å². The number of benzene rings is 3. The molecule has 3 aliphatic rings. The summed E-state index contributed by atoms with van der Waals surface area (Å²) in [5.41, 5.74) is 6.89. The molecule has 0 radical (unpaired) electrons. The Bertz CT molecular complexity index is 2510. The maximum absolute atomic E-state index is 13.3. The van der Waals surface area contributed by atoms with Crippen molar-refractivity contribution in [3.05, 3.63) is 95.1 Å². The van der Waals surface area contributed by atoms with Crippen molar-refractivity contribution < 1.29 is 72.4 Å². The third-order valence-electron chi connectivity index (χ3n) is 10.7. The van der Waals surface area contributed by atoms with Crippen LogP contribution in [0.2, 0.25) is 0 Å². The van der Waals surface area contributed by atoms with Gasteiger partial charge in [0.25, 0.3) is 5.91 Å². The minimum Gasteiger partial charge on any atom is -0.508 e. The number of aromatic hydroxyl groups is 2. The first kappa shape index (κ1) is 44.8. The zero-order chi connectivity index (χ0) is 45.0. The van der Waals surface area contributed by atoms with E-state index in [1.165, 1.54) is 47.6 Å². The predicted molar refractivity (Wildman–Crippen MR) is 221 cm³/mol. The highest BCUT2D eigenvalue weighted by molar-refractivity contribution is 7.50. The molecule has 2 aromatic heterocycles. The van der Waals surface area contributed by atoms with Crippen LogP contribution in [0.5, 0.6) is 23.0 Å². The van der Waals surface area contributed by atoms with Gasteiger partial charge in [-0.15, -0.1) is 0 Å². The quantitative estimate of drug-likeness (QED) is 0.0314. The van der Waals surface area contributed by atoms with Crippen molar-refractivity contribution >= 4 is 36.6 Å². The van der Waals surface area contributed by atoms with Crippen LogP contribution in [-0.2, 0) is 38.4 Å². The van der Waals surface area contributed by atoms with E-state index in [4.69, 9.17) is 38.7 Å². The second kappa shape index (κ2) is 19.1. The van der Waals surface area contributed by atoms with Gasteiger partial charge >= 0.3 is 13.7 Å². The molecule has 0 saturated carbocycles. The molecule has 1 fully saturated rings. The fraction of sp³-hybridized carbons (Fsp3) is 0.390. The van der Waals surface area contributed by atoms with Gasteiger partial charge in [0, 0.05) is 60.7 Å². The van der Waals surface area contributed by atoms with Crippen LogP contribution in [0, 0.1) is 0 Å². The third-order valence-corrected chi connectivity index (χ3v) is 11.8. The van der Waals surface area contributed by atoms with Crippen LogP contribution in [0.4, 0.5) is 5.82 Å². The topological polar surface area (TPSA) is 311 Å². The van der Waals surface area contributed by atoms with Crippen LogP contribution in [0.1, 0.15) is 56.5 Å². The van der Waals surface area contributed by atoms with Gasteiger partial charge in [-0.3, -0.25) is 13.9 Å². The standard InChI is InChI=1S/C41H46N7O15P/c42-36-33-37(45-21-44-36)48(22-46-33)39-35(52)34(51)32(62-39)20-60-64(55,56)47-10-2-12-58-14-16-59-15-13-57-11-1-9-43-38(53)23-3-6-27-26(17-23)40(54)63-41(27)28-7-4-24(49)18-30(28)61-31-19-25(50)5-8-29(31)41/h3-8,17-19,21-22,32,34-35,39,49-52H,1-2,9-16,20H2,(H,43,53)(H2,42,44,45)(H2,47,55,56)/t32-,34-,35-,39-/m1/s1. The van der Waals surface area contributed by atoms with Gasteiger partial charge in [-0.1, -0.05) is 6.07 Å². The molecule has 1 saturated heterocycles. The number of nitrogens with two attached hydrogens (primary N) is 1. The highest BCUT2D eigenvalue weighted by atomic mass is 31.2. The number of esters is 1. The summed E-state index contributed by atoms with van der Waals surface area (Å²) in [7, 11) is -4.27. The molecule has 9 N–H and O–H groups in total. The number of phenols is 2. The Morgan fingerprint density at radius 3 is 2.17 bits per heavy atom. The lowest BCUT2D eigenvalue weighted by Gasteiger charge is -2.36. The number of ether oxygens (including phenoxy) is 6. The normalized spacial score (nSPS) is 20.3. The van der Waals surface area contributed by atoms with Crippen molar-refractivity contribution in [2.75, 3.05) is 65.1 Å². The summed E-state index contributed by atoms with van der Waals surface area (Å²) in [4.78, 5) is 48.7. The molecule has 0 bridgehead atoms. The highest BCUT2D eigenvalue weighted by Crippen LogP contribution is 2.57. The molecule has 5 aromatic rings. The highest BCUT2D eigenvalue weighted by Gasteiger charge is 2.54. The van der Waals surface area contributed by atoms with Crippen LogP contribution in [0.15, 0.2) is 67.3 Å². The number of carbonyl (C=O) groups excluding carboxylic acids is 2. The number of anilines is 1. The molecule has 1 amide bonds. The zero-order valence-electron chi connectivity index (χ0n) is 34.1. The van der Waals surface area contributed by atoms with Gasteiger partial charge in [0.05, 0.1) is 44.9 Å². The molecular formula is C41H46N7O15P. The summed E-state index contributed by atoms with van der Waals surface area (Å²) >= 11 is 0. The van der Waals surface area contributed by atoms with E-state index in [9.17, 15) is 39.5 Å². The van der Waals surface area contributed by atoms with E-state index in [0.29, 0.717) is 68.0 Å². The fourth-order valence-corrected chi connectivity index (χ4v) is 8.52. The molecule has 340 valence electrons. The first-order valence-electron chi connectivity index (χ1n) is 20.3. The van der Waals surface area contributed by atoms with Gasteiger partial charge < -0.3 is 64.8 Å². The molecule has 0 aliphatic carbocycles. The number of fused-ring (bicyclic) bond motifs is 7. The van der Waals surface area contributed by atoms with E-state index in [1.54, 1.807) is 24.3 Å². The summed E-state index contributed by atoms with van der Waals surface area (Å²) < 4.78 is 53.4. The minimum atomic E-state index is -4.27. The summed E-state index contributed by atoms with van der Waals surface area (Å²) in [6, 6.07) is 13.7. The van der Waals surface area contributed by atoms with E-state index in [2.05, 4.69) is 25.4 Å². The lowest BCUT2D eigenvalue weighted by molar-refractivity contribution is -0.0487. The number of phenolic OH excluding ortho intramolecular Hbond substituents is 2. The average molecular weight is 908 g/mol. The SMILES string of the molecule is Nc1ncnc2c1ncn2[C@@H]1O[C@H](COP(=O)(O)NCCCOCCOCCOCCCNC(=O)c2ccc3c(c2)C(=O)OC32c3ccc(O)cc3Oc3cc(O)ccc32)[C@@H](O)[C@H]1O. The van der Waals surface area contributed by atoms with Crippen molar-refractivity contribution in [1.29, 1.82) is 0 Å². The lowest BCUT2D eigenvalue weighted by Crippen LogP contribution is -2.34. The van der Waals surface area contributed by atoms with Gasteiger partial charge in [0.2, 0.25) is 0 Å². The Labute approximate surface area is 364 Å². The largest absolute Gasteiger partial charge is 0.508 e. The number of imidazole rings is 1. The summed E-state index contributed by atoms with van der Waals surface area (Å²) in [6.45, 7) is 1.79. The molecule has 5 heterocycles. The predicted octanol–water partition coefficient (Wildman–Crippen LogP) is 1.97. The Morgan fingerprint density at radius 1 is 0.844 bits per heavy atom. The number of hydrogen-bond donors (Lipinski definition) is 8. The Hall–Kier alpha value is -5.78. The maximum atomic E-state index is 13.3. The number of nitrogens with one attached hydrogen (secondary N) is 2. The zero-order valence-corrected chi connectivity index (χ0v) is 35.0. The van der Waals surface area contributed by atoms with E-state index in [0.717, 1.165) is 0 Å². The van der Waals surface area contributed by atoms with Crippen LogP contribution in [0.3, 0.4) is 0 Å². The van der Waals surface area contributed by atoms with Gasteiger partial charge in [-0.2, -0.15) is 0 Å². The summed E-state index contributed by atoms with van der Waals surface area (Å²) in [5.74, 6) is -0.480. The molecule has 1 unspecified atom stereocenters. The molecule has 22 nitrogen and oxygen atoms in total. The molecule has 3 aliphatic heterocycles. The second-order valence-corrected chi connectivity index (χ2v) is 16.6. The number of aliphatic hydroxyl groups excluding tert-OH is 2. The van der Waals surface area contributed by atoms with Gasteiger partial charge in [0.1, 0.15) is 53.2 Å². The smallest absolute Gasteiger partial charge is 0.403 e. The fourth-order valence-electron chi connectivity index (χ4n) is 7.63. The van der Waals surface area contributed by atoms with Crippen molar-refractivity contribution in [2.24, 2.45) is 0 Å². The molecule has 1 spiro atoms. The maximum Gasteiger partial charge on any atom is 0.403 e. The number of amides is 1. The number of nitrogen functional groups attached to an aromatic ring is 1. The number of carbonyl (C=O) groups is 2. The van der Waals surface area contributed by atoms with Crippen molar-refractivity contribution in [3.8, 4) is 23.0 Å². The molecular weight excluding hydrogens is 861 g/mol. The van der Waals surface area contributed by atoms with Crippen molar-refractivity contribution in [3.63, 3.8) is 0 Å². The van der Waals surface area contributed by atoms with Crippen molar-refractivity contribution in [2.45, 2.75) is 43.0 Å². The van der Waals surface area contributed by atoms with E-state index in [-0.39, 0.29) is 71.3 Å². The number of nitrogens with zero attached hydrogens (tertiary/aromatic N) is 4. The summed E-state index contributed by atoms with van der Waals surface area (Å²) in [6.07, 6.45) is -1.59. The molecule has 23 heteroatoms. The number of hydrogen-bond acceptors (Lipinski definition) is 18. The molecule has 3 aromatic carbocycles. The Balaban J connectivity index is 0.672. The van der Waals surface area contributed by atoms with E-state index >= 15 is 0 Å². The van der Waals surface area contributed by atoms with Gasteiger partial charge in [-0.05, 0) is 49.2 Å². The second-order valence-electron chi connectivity index (χ2n) is 14.9. The minimum absolute atomic E-state index is 0.0526. The first-order chi connectivity index (χ1) is 30.9. The van der Waals surface area contributed by atoms with Crippen LogP contribution < -0.4 is 20.9 Å². The average Bonchev–Trinajstić information content (AvgIpc) is 3.92. The molecule has 8 rings (SSSR count). The van der Waals surface area contributed by atoms with Crippen LogP contribution >= 0.6 is 7.75 Å². The lowest BCUT2D eigenvalue weighted by atomic mass is 9.77. The van der Waals surface area contributed by atoms with E-state index in [1.807, 2.05) is 0 Å². The monoisotopic (exact) mass is 907 g/mol. The van der Waals surface area contributed by atoms with Crippen molar-refractivity contribution in [1.82, 2.24) is 29.9 Å². The Morgan fingerprint density at radius 2 is 1.48 bits per heavy atom. The summed E-state index contributed by atoms with van der Waals surface area (Å²) in [5, 5.41) is 46.6. The first-order valence-corrected chi connectivity index (χ1v) is 21.9. The Kier molecular flexibility index (Phi) is 13.4. The number of rotatable bonds is 20. The van der Waals surface area contributed by atoms with Crippen LogP contribution in [0.25, 0.3) is 11.2 Å². The molecule has 64 heavy (non-hydrogen) atoms. The molecule has 5 atom stereocenters. The third kappa shape index (κ3) is 9.24. The van der Waals surface area contributed by atoms with Crippen LogP contribution in [-0.4, -0.2) is 134 Å².